The maximum Gasteiger partial charge on any atom is 0.0229 e. The number of nitrogens with two attached hydrogens (primary N) is 1. The summed E-state index contributed by atoms with van der Waals surface area (Å²) in [5.74, 6) is 3.26. The summed E-state index contributed by atoms with van der Waals surface area (Å²) in [5.41, 5.74) is 5.95. The molecule has 16 heavy (non-hydrogen) atoms. The Morgan fingerprint density at radius 3 is 2.75 bits per heavy atom. The Morgan fingerprint density at radius 1 is 1.44 bits per heavy atom. The van der Waals surface area contributed by atoms with Crippen LogP contribution in [0.15, 0.2) is 0 Å². The van der Waals surface area contributed by atoms with E-state index in [1.807, 2.05) is 11.8 Å². The minimum Gasteiger partial charge on any atom is -0.329 e. The van der Waals surface area contributed by atoms with E-state index in [9.17, 15) is 0 Å². The third-order valence-electron chi connectivity index (χ3n) is 3.65. The summed E-state index contributed by atoms with van der Waals surface area (Å²) in [6.07, 6.45) is 3.99. The third kappa shape index (κ3) is 3.94. The van der Waals surface area contributed by atoms with Gasteiger partial charge >= 0.3 is 0 Å². The van der Waals surface area contributed by atoms with Crippen LogP contribution in [0, 0.1) is 5.92 Å². The molecule has 0 aromatic carbocycles. The van der Waals surface area contributed by atoms with E-state index >= 15 is 0 Å². The van der Waals surface area contributed by atoms with Gasteiger partial charge in [0.05, 0.1) is 0 Å². The Morgan fingerprint density at radius 2 is 2.19 bits per heavy atom. The summed E-state index contributed by atoms with van der Waals surface area (Å²) in [6.45, 7) is 9.01. The first-order valence-corrected chi connectivity index (χ1v) is 7.89. The molecule has 2 atom stereocenters. The first kappa shape index (κ1) is 14.3. The number of thioether (sulfide) groups is 1. The van der Waals surface area contributed by atoms with Gasteiger partial charge in [-0.3, -0.25) is 4.90 Å². The van der Waals surface area contributed by atoms with Gasteiger partial charge in [-0.1, -0.05) is 20.8 Å². The summed E-state index contributed by atoms with van der Waals surface area (Å²) in [7, 11) is 0. The van der Waals surface area contributed by atoms with Crippen molar-refractivity contribution in [3.63, 3.8) is 0 Å². The number of hydrogen-bond acceptors (Lipinski definition) is 3. The lowest BCUT2D eigenvalue weighted by atomic mass is 10.0. The van der Waals surface area contributed by atoms with Gasteiger partial charge in [0.2, 0.25) is 0 Å². The Hall–Kier alpha value is 0.270. The smallest absolute Gasteiger partial charge is 0.0229 e. The van der Waals surface area contributed by atoms with Crippen LogP contribution in [0.3, 0.4) is 0 Å². The Labute approximate surface area is 105 Å². The van der Waals surface area contributed by atoms with Crippen molar-refractivity contribution in [3.05, 3.63) is 0 Å². The lowest BCUT2D eigenvalue weighted by Crippen LogP contribution is -2.45. The van der Waals surface area contributed by atoms with Crippen LogP contribution in [0.4, 0.5) is 0 Å². The molecule has 3 heteroatoms. The first-order valence-electron chi connectivity index (χ1n) is 6.74. The molecule has 96 valence electrons. The largest absolute Gasteiger partial charge is 0.329 e. The molecule has 1 saturated heterocycles. The average molecular weight is 244 g/mol. The van der Waals surface area contributed by atoms with E-state index in [1.165, 1.54) is 37.3 Å². The van der Waals surface area contributed by atoms with Crippen LogP contribution in [0.2, 0.25) is 0 Å². The van der Waals surface area contributed by atoms with Gasteiger partial charge in [-0.15, -0.1) is 0 Å². The summed E-state index contributed by atoms with van der Waals surface area (Å²) >= 11 is 2.04. The SMILES string of the molecule is CCSCCC(CN)N1CCCC1C(C)C. The Bertz CT molecular complexity index is 185. The second kappa shape index (κ2) is 7.57. The zero-order valence-electron chi connectivity index (χ0n) is 11.1. The maximum atomic E-state index is 5.95. The fourth-order valence-corrected chi connectivity index (χ4v) is 3.49. The van der Waals surface area contributed by atoms with Crippen molar-refractivity contribution in [1.29, 1.82) is 0 Å². The zero-order chi connectivity index (χ0) is 12.0. The van der Waals surface area contributed by atoms with Crippen LogP contribution in [0.1, 0.15) is 40.0 Å². The Kier molecular flexibility index (Phi) is 6.78. The van der Waals surface area contributed by atoms with Gasteiger partial charge in [0, 0.05) is 18.6 Å². The number of nitrogens with zero attached hydrogens (tertiary/aromatic N) is 1. The van der Waals surface area contributed by atoms with Crippen molar-refractivity contribution in [3.8, 4) is 0 Å². The van der Waals surface area contributed by atoms with E-state index in [0.29, 0.717) is 6.04 Å². The molecule has 2 unspecified atom stereocenters. The second-order valence-electron chi connectivity index (χ2n) is 5.07. The van der Waals surface area contributed by atoms with Crippen molar-refractivity contribution in [1.82, 2.24) is 4.90 Å². The van der Waals surface area contributed by atoms with Crippen LogP contribution >= 0.6 is 11.8 Å². The van der Waals surface area contributed by atoms with E-state index in [4.69, 9.17) is 5.73 Å². The molecule has 1 aliphatic heterocycles. The first-order chi connectivity index (χ1) is 7.70. The van der Waals surface area contributed by atoms with Gasteiger partial charge in [-0.25, -0.2) is 0 Å². The highest BCUT2D eigenvalue weighted by Crippen LogP contribution is 2.27. The minimum absolute atomic E-state index is 0.619. The van der Waals surface area contributed by atoms with E-state index < -0.39 is 0 Å². The molecule has 1 fully saturated rings. The summed E-state index contributed by atoms with van der Waals surface area (Å²) < 4.78 is 0. The molecule has 2 N–H and O–H groups in total. The molecule has 2 nitrogen and oxygen atoms in total. The van der Waals surface area contributed by atoms with Crippen LogP contribution in [0.5, 0.6) is 0 Å². The molecule has 0 aromatic rings. The van der Waals surface area contributed by atoms with Crippen molar-refractivity contribution in [2.24, 2.45) is 11.7 Å². The summed E-state index contributed by atoms with van der Waals surface area (Å²) in [4.78, 5) is 2.68. The highest BCUT2D eigenvalue weighted by atomic mass is 32.2. The van der Waals surface area contributed by atoms with E-state index in [2.05, 4.69) is 25.7 Å². The average Bonchev–Trinajstić information content (AvgIpc) is 2.73. The molecule has 0 aromatic heterocycles. The predicted molar refractivity (Wildman–Crippen MR) is 75.0 cm³/mol. The maximum absolute atomic E-state index is 5.95. The Balaban J connectivity index is 2.44. The molecule has 0 radical (unpaired) electrons. The summed E-state index contributed by atoms with van der Waals surface area (Å²) in [6, 6.07) is 1.40. The monoisotopic (exact) mass is 244 g/mol. The van der Waals surface area contributed by atoms with Gasteiger partial charge in [-0.05, 0) is 43.2 Å². The highest BCUT2D eigenvalue weighted by molar-refractivity contribution is 7.99. The quantitative estimate of drug-likeness (QED) is 0.698. The molecule has 1 rings (SSSR count). The lowest BCUT2D eigenvalue weighted by molar-refractivity contribution is 0.146. The lowest BCUT2D eigenvalue weighted by Gasteiger charge is -2.34. The summed E-state index contributed by atoms with van der Waals surface area (Å²) in [5, 5.41) is 0. The van der Waals surface area contributed by atoms with E-state index in [1.54, 1.807) is 0 Å². The normalized spacial score (nSPS) is 24.2. The van der Waals surface area contributed by atoms with Gasteiger partial charge in [0.25, 0.3) is 0 Å². The molecule has 0 bridgehead atoms. The minimum atomic E-state index is 0.619. The van der Waals surface area contributed by atoms with Crippen LogP contribution < -0.4 is 5.73 Å². The molecular weight excluding hydrogens is 216 g/mol. The van der Waals surface area contributed by atoms with Crippen molar-refractivity contribution in [2.45, 2.75) is 52.1 Å². The topological polar surface area (TPSA) is 29.3 Å². The fourth-order valence-electron chi connectivity index (χ4n) is 2.77. The fraction of sp³-hybridized carbons (Fsp3) is 1.00. The molecule has 0 saturated carbocycles. The molecule has 0 spiro atoms. The van der Waals surface area contributed by atoms with Crippen LogP contribution in [-0.4, -0.2) is 41.6 Å². The van der Waals surface area contributed by atoms with Crippen molar-refractivity contribution >= 4 is 11.8 Å². The van der Waals surface area contributed by atoms with Gasteiger partial charge in [0.15, 0.2) is 0 Å². The van der Waals surface area contributed by atoms with Gasteiger partial charge in [0.1, 0.15) is 0 Å². The standard InChI is InChI=1S/C13H28N2S/c1-4-16-9-7-12(10-14)15-8-5-6-13(15)11(2)3/h11-13H,4-10,14H2,1-3H3. The van der Waals surface area contributed by atoms with Gasteiger partial charge < -0.3 is 5.73 Å². The van der Waals surface area contributed by atoms with Crippen molar-refractivity contribution in [2.75, 3.05) is 24.6 Å². The van der Waals surface area contributed by atoms with E-state index in [0.717, 1.165) is 18.5 Å². The number of rotatable bonds is 7. The third-order valence-corrected chi connectivity index (χ3v) is 4.58. The number of likely N-dealkylation sites (tertiary alicyclic amines) is 1. The van der Waals surface area contributed by atoms with Gasteiger partial charge in [-0.2, -0.15) is 11.8 Å². The highest BCUT2D eigenvalue weighted by Gasteiger charge is 2.31. The van der Waals surface area contributed by atoms with Crippen LogP contribution in [-0.2, 0) is 0 Å². The second-order valence-corrected chi connectivity index (χ2v) is 6.46. The predicted octanol–water partition coefficient (Wildman–Crippen LogP) is 2.58. The molecule has 0 amide bonds. The van der Waals surface area contributed by atoms with Crippen LogP contribution in [0.25, 0.3) is 0 Å². The number of hydrogen-bond donors (Lipinski definition) is 1. The van der Waals surface area contributed by atoms with Crippen molar-refractivity contribution < 1.29 is 0 Å². The molecule has 0 aliphatic carbocycles. The molecule has 1 heterocycles. The molecular formula is C13H28N2S. The van der Waals surface area contributed by atoms with E-state index in [-0.39, 0.29) is 0 Å². The molecule has 1 aliphatic rings. The zero-order valence-corrected chi connectivity index (χ0v) is 11.9.